The molecule has 2 atom stereocenters. The van der Waals surface area contributed by atoms with E-state index in [0.717, 1.165) is 5.69 Å². The molecule has 2 unspecified atom stereocenters. The zero-order chi connectivity index (χ0) is 14.7. The maximum absolute atomic E-state index is 13.5. The lowest BCUT2D eigenvalue weighted by Gasteiger charge is -2.21. The molecular weight excluding hydrogens is 298 g/mol. The summed E-state index contributed by atoms with van der Waals surface area (Å²) in [4.78, 5) is 4.29. The highest BCUT2D eigenvalue weighted by molar-refractivity contribution is 6.35. The van der Waals surface area contributed by atoms with E-state index in [4.69, 9.17) is 23.2 Å². The summed E-state index contributed by atoms with van der Waals surface area (Å²) in [6.07, 6.45) is 1.74. The summed E-state index contributed by atoms with van der Waals surface area (Å²) in [6, 6.07) is 8.44. The van der Waals surface area contributed by atoms with Gasteiger partial charge in [-0.25, -0.2) is 4.39 Å². The van der Waals surface area contributed by atoms with Gasteiger partial charge in [0.25, 0.3) is 0 Å². The second-order valence-electron chi connectivity index (χ2n) is 4.65. The van der Waals surface area contributed by atoms with Crippen LogP contribution in [0, 0.1) is 5.82 Å². The molecule has 1 aromatic carbocycles. The highest BCUT2D eigenvalue weighted by atomic mass is 35.5. The quantitative estimate of drug-likeness (QED) is 0.809. The predicted molar refractivity (Wildman–Crippen MR) is 80.6 cm³/mol. The molecule has 0 saturated carbocycles. The Morgan fingerprint density at radius 1 is 1.10 bits per heavy atom. The van der Waals surface area contributed by atoms with Crippen molar-refractivity contribution in [1.82, 2.24) is 10.3 Å². The molecule has 106 valence electrons. The first-order valence-corrected chi connectivity index (χ1v) is 7.06. The minimum atomic E-state index is -0.467. The molecule has 2 aromatic rings. The lowest BCUT2D eigenvalue weighted by molar-refractivity contribution is 0.484. The first kappa shape index (κ1) is 15.2. The van der Waals surface area contributed by atoms with Crippen molar-refractivity contribution in [3.8, 4) is 0 Å². The summed E-state index contributed by atoms with van der Waals surface area (Å²) in [5.41, 5.74) is 1.60. The number of nitrogens with one attached hydrogen (secondary N) is 1. The Morgan fingerprint density at radius 2 is 1.85 bits per heavy atom. The first-order valence-electron chi connectivity index (χ1n) is 6.30. The second-order valence-corrected chi connectivity index (χ2v) is 5.47. The van der Waals surface area contributed by atoms with Crippen LogP contribution >= 0.6 is 23.2 Å². The molecule has 0 aliphatic heterocycles. The van der Waals surface area contributed by atoms with Gasteiger partial charge in [0.05, 0.1) is 10.7 Å². The Bertz CT molecular complexity index is 590. The summed E-state index contributed by atoms with van der Waals surface area (Å²) in [7, 11) is 0. The van der Waals surface area contributed by atoms with Crippen LogP contribution in [0.3, 0.4) is 0 Å². The van der Waals surface area contributed by atoms with E-state index < -0.39 is 5.82 Å². The van der Waals surface area contributed by atoms with Gasteiger partial charge < -0.3 is 5.32 Å². The van der Waals surface area contributed by atoms with Crippen LogP contribution in [0.2, 0.25) is 10.0 Å². The number of aromatic nitrogens is 1. The lowest BCUT2D eigenvalue weighted by atomic mass is 10.1. The fourth-order valence-corrected chi connectivity index (χ4v) is 2.60. The Balaban J connectivity index is 2.16. The van der Waals surface area contributed by atoms with Crippen LogP contribution in [0.5, 0.6) is 0 Å². The molecule has 1 heterocycles. The van der Waals surface area contributed by atoms with Crippen LogP contribution in [-0.4, -0.2) is 4.98 Å². The van der Waals surface area contributed by atoms with Gasteiger partial charge in [-0.2, -0.15) is 0 Å². The largest absolute Gasteiger partial charge is 0.302 e. The third-order valence-electron chi connectivity index (χ3n) is 3.14. The monoisotopic (exact) mass is 312 g/mol. The van der Waals surface area contributed by atoms with Gasteiger partial charge >= 0.3 is 0 Å². The Labute approximate surface area is 127 Å². The van der Waals surface area contributed by atoms with E-state index >= 15 is 0 Å². The Kier molecular flexibility index (Phi) is 4.97. The van der Waals surface area contributed by atoms with Crippen LogP contribution in [0.1, 0.15) is 37.2 Å². The molecule has 0 fully saturated rings. The fourth-order valence-electron chi connectivity index (χ4n) is 2.05. The maximum atomic E-state index is 13.5. The zero-order valence-corrected chi connectivity index (χ0v) is 12.7. The van der Waals surface area contributed by atoms with Crippen molar-refractivity contribution in [2.24, 2.45) is 0 Å². The Hall–Kier alpha value is -1.16. The smallest absolute Gasteiger partial charge is 0.142 e. The zero-order valence-electron chi connectivity index (χ0n) is 11.2. The third kappa shape index (κ3) is 3.48. The average Bonchev–Trinajstić information content (AvgIpc) is 2.43. The topological polar surface area (TPSA) is 24.9 Å². The van der Waals surface area contributed by atoms with E-state index in [1.807, 2.05) is 32.0 Å². The molecule has 2 nitrogen and oxygen atoms in total. The van der Waals surface area contributed by atoms with Gasteiger partial charge in [-0.1, -0.05) is 29.3 Å². The molecule has 0 bridgehead atoms. The number of rotatable bonds is 4. The SMILES string of the molecule is CC(NC(C)c1cc(F)c(Cl)cc1Cl)c1ccccn1. The van der Waals surface area contributed by atoms with E-state index in [9.17, 15) is 4.39 Å². The Morgan fingerprint density at radius 3 is 2.50 bits per heavy atom. The standard InChI is InChI=1S/C15H15Cl2FN2/c1-9(11-7-14(18)13(17)8-12(11)16)20-10(2)15-5-3-4-6-19-15/h3-10,20H,1-2H3. The highest BCUT2D eigenvalue weighted by Crippen LogP contribution is 2.29. The van der Waals surface area contributed by atoms with Crippen LogP contribution in [0.15, 0.2) is 36.5 Å². The molecule has 0 spiro atoms. The van der Waals surface area contributed by atoms with Gasteiger partial charge in [0.15, 0.2) is 0 Å². The van der Waals surface area contributed by atoms with Gasteiger partial charge in [-0.05, 0) is 43.7 Å². The molecule has 0 aliphatic rings. The molecule has 5 heteroatoms. The third-order valence-corrected chi connectivity index (χ3v) is 3.75. The molecule has 0 amide bonds. The van der Waals surface area contributed by atoms with Gasteiger partial charge in [0.1, 0.15) is 5.82 Å². The molecule has 0 radical (unpaired) electrons. The molecule has 1 aromatic heterocycles. The summed E-state index contributed by atoms with van der Waals surface area (Å²) in [6.45, 7) is 3.92. The molecule has 0 aliphatic carbocycles. The van der Waals surface area contributed by atoms with Crippen molar-refractivity contribution in [2.75, 3.05) is 0 Å². The van der Waals surface area contributed by atoms with Crippen molar-refractivity contribution < 1.29 is 4.39 Å². The predicted octanol–water partition coefficient (Wildman–Crippen LogP) is 4.94. The number of hydrogen-bond acceptors (Lipinski definition) is 2. The number of nitrogens with zero attached hydrogens (tertiary/aromatic N) is 1. The summed E-state index contributed by atoms with van der Waals surface area (Å²) >= 11 is 11.8. The van der Waals surface area contributed by atoms with E-state index in [2.05, 4.69) is 10.3 Å². The average molecular weight is 313 g/mol. The number of hydrogen-bond donors (Lipinski definition) is 1. The lowest BCUT2D eigenvalue weighted by Crippen LogP contribution is -2.23. The summed E-state index contributed by atoms with van der Waals surface area (Å²) in [5, 5.41) is 3.82. The summed E-state index contributed by atoms with van der Waals surface area (Å²) in [5.74, 6) is -0.467. The van der Waals surface area contributed by atoms with E-state index in [1.54, 1.807) is 6.20 Å². The molecule has 2 rings (SSSR count). The highest BCUT2D eigenvalue weighted by Gasteiger charge is 2.16. The first-order chi connectivity index (χ1) is 9.49. The van der Waals surface area contributed by atoms with E-state index in [0.29, 0.717) is 10.6 Å². The number of pyridine rings is 1. The van der Waals surface area contributed by atoms with Crippen LogP contribution in [0.4, 0.5) is 4.39 Å². The minimum Gasteiger partial charge on any atom is -0.302 e. The van der Waals surface area contributed by atoms with Gasteiger partial charge in [-0.3, -0.25) is 4.98 Å². The van der Waals surface area contributed by atoms with Crippen LogP contribution in [-0.2, 0) is 0 Å². The van der Waals surface area contributed by atoms with Gasteiger partial charge in [0.2, 0.25) is 0 Å². The fraction of sp³-hybridized carbons (Fsp3) is 0.267. The molecule has 1 N–H and O–H groups in total. The minimum absolute atomic E-state index is 0.0287. The molecular formula is C15H15Cl2FN2. The second kappa shape index (κ2) is 6.53. The van der Waals surface area contributed by atoms with Crippen LogP contribution < -0.4 is 5.32 Å². The van der Waals surface area contributed by atoms with Crippen LogP contribution in [0.25, 0.3) is 0 Å². The van der Waals surface area contributed by atoms with E-state index in [1.165, 1.54) is 12.1 Å². The van der Waals surface area contributed by atoms with Crippen molar-refractivity contribution in [3.63, 3.8) is 0 Å². The molecule has 20 heavy (non-hydrogen) atoms. The van der Waals surface area contributed by atoms with Crippen molar-refractivity contribution in [1.29, 1.82) is 0 Å². The van der Waals surface area contributed by atoms with Crippen molar-refractivity contribution in [2.45, 2.75) is 25.9 Å². The number of benzene rings is 1. The van der Waals surface area contributed by atoms with E-state index in [-0.39, 0.29) is 17.1 Å². The van der Waals surface area contributed by atoms with Crippen molar-refractivity contribution in [3.05, 3.63) is 63.6 Å². The summed E-state index contributed by atoms with van der Waals surface area (Å²) < 4.78 is 13.5. The maximum Gasteiger partial charge on any atom is 0.142 e. The van der Waals surface area contributed by atoms with Gasteiger partial charge in [-0.15, -0.1) is 0 Å². The molecule has 0 saturated heterocycles. The normalized spacial score (nSPS) is 14.1. The number of halogens is 3. The van der Waals surface area contributed by atoms with Crippen molar-refractivity contribution >= 4 is 23.2 Å². The van der Waals surface area contributed by atoms with Gasteiger partial charge in [0, 0.05) is 23.3 Å².